The molecule has 0 spiro atoms. The zero-order valence-electron chi connectivity index (χ0n) is 11.0. The minimum atomic E-state index is -0.918. The fourth-order valence-electron chi connectivity index (χ4n) is 2.25. The first kappa shape index (κ1) is 12.7. The Kier molecular flexibility index (Phi) is 2.99. The second kappa shape index (κ2) is 4.68. The minimum Gasteiger partial charge on any atom is -0.478 e. The molecule has 0 atom stereocenters. The molecule has 0 aliphatic heterocycles. The Hall–Kier alpha value is -2.27. The van der Waals surface area contributed by atoms with Crippen LogP contribution in [0.1, 0.15) is 21.5 Å². The molecule has 4 nitrogen and oxygen atoms in total. The molecule has 1 N–H and O–H groups in total. The van der Waals surface area contributed by atoms with E-state index < -0.39 is 5.97 Å². The number of carbonyl (C=O) groups is 1. The van der Waals surface area contributed by atoms with Crippen molar-refractivity contribution in [2.45, 2.75) is 13.8 Å². The van der Waals surface area contributed by atoms with E-state index in [0.717, 1.165) is 26.4 Å². The van der Waals surface area contributed by atoms with Crippen LogP contribution < -0.4 is 0 Å². The number of aromatic nitrogens is 2. The monoisotopic (exact) mass is 284 g/mol. The number of aromatic carboxylic acids is 1. The van der Waals surface area contributed by atoms with Crippen LogP contribution in [0.3, 0.4) is 0 Å². The zero-order valence-corrected chi connectivity index (χ0v) is 11.9. The molecule has 0 radical (unpaired) electrons. The number of carboxylic acid groups (broad SMARTS) is 1. The quantitative estimate of drug-likeness (QED) is 0.779. The number of benzene rings is 1. The second-order valence-electron chi connectivity index (χ2n) is 4.62. The molecule has 2 aromatic heterocycles. The fourth-order valence-corrected chi connectivity index (χ4v) is 3.30. The Bertz CT molecular complexity index is 791. The van der Waals surface area contributed by atoms with Crippen LogP contribution >= 0.6 is 11.3 Å². The van der Waals surface area contributed by atoms with Gasteiger partial charge in [0.25, 0.3) is 0 Å². The molecule has 0 fully saturated rings. The molecule has 0 bridgehead atoms. The van der Waals surface area contributed by atoms with E-state index in [-0.39, 0.29) is 0 Å². The van der Waals surface area contributed by atoms with Gasteiger partial charge >= 0.3 is 5.97 Å². The van der Waals surface area contributed by atoms with Gasteiger partial charge in [0.1, 0.15) is 10.5 Å². The summed E-state index contributed by atoms with van der Waals surface area (Å²) in [5.74, 6) is -0.918. The van der Waals surface area contributed by atoms with Crippen molar-refractivity contribution in [3.8, 4) is 10.6 Å². The highest BCUT2D eigenvalue weighted by molar-refractivity contribution is 7.21. The van der Waals surface area contributed by atoms with Crippen molar-refractivity contribution in [3.05, 3.63) is 47.3 Å². The van der Waals surface area contributed by atoms with E-state index in [1.807, 2.05) is 25.1 Å². The van der Waals surface area contributed by atoms with E-state index in [1.54, 1.807) is 19.3 Å². The van der Waals surface area contributed by atoms with Crippen LogP contribution in [-0.2, 0) is 0 Å². The number of hydrogen-bond acceptors (Lipinski definition) is 4. The molecule has 0 amide bonds. The van der Waals surface area contributed by atoms with Gasteiger partial charge in [-0.1, -0.05) is 12.1 Å². The number of thiazole rings is 1. The van der Waals surface area contributed by atoms with Gasteiger partial charge in [-0.15, -0.1) is 11.3 Å². The number of hydrogen-bond donors (Lipinski definition) is 1. The Morgan fingerprint density at radius 2 is 1.95 bits per heavy atom. The summed E-state index contributed by atoms with van der Waals surface area (Å²) in [7, 11) is 0. The third-order valence-corrected chi connectivity index (χ3v) is 4.29. The Labute approximate surface area is 119 Å². The van der Waals surface area contributed by atoms with Gasteiger partial charge in [0, 0.05) is 11.8 Å². The normalized spacial score (nSPS) is 10.9. The van der Waals surface area contributed by atoms with Gasteiger partial charge in [-0.2, -0.15) is 0 Å². The molecule has 0 saturated carbocycles. The predicted molar refractivity (Wildman–Crippen MR) is 79.3 cm³/mol. The average molecular weight is 284 g/mol. The Balaban J connectivity index is 2.33. The first-order valence-corrected chi connectivity index (χ1v) is 6.94. The van der Waals surface area contributed by atoms with Crippen LogP contribution in [0.15, 0.2) is 30.6 Å². The lowest BCUT2D eigenvalue weighted by atomic mass is 9.98. The standard InChI is InChI=1S/C15H12N2O2S/c1-8-3-4-9(2)13(15(18)19)12(8)14-17-10-7-16-6-5-11(10)20-14/h3-7H,1-2H3,(H,18,19). The summed E-state index contributed by atoms with van der Waals surface area (Å²) in [4.78, 5) is 20.1. The van der Waals surface area contributed by atoms with Crippen LogP contribution in [0.4, 0.5) is 0 Å². The van der Waals surface area contributed by atoms with Crippen LogP contribution in [0.2, 0.25) is 0 Å². The molecule has 0 unspecified atom stereocenters. The maximum atomic E-state index is 11.5. The van der Waals surface area contributed by atoms with Gasteiger partial charge in [0.15, 0.2) is 0 Å². The smallest absolute Gasteiger partial charge is 0.336 e. The Morgan fingerprint density at radius 1 is 1.20 bits per heavy atom. The lowest BCUT2D eigenvalue weighted by Crippen LogP contribution is -2.04. The van der Waals surface area contributed by atoms with Crippen molar-refractivity contribution in [1.82, 2.24) is 9.97 Å². The number of rotatable bonds is 2. The van der Waals surface area contributed by atoms with Crippen molar-refractivity contribution in [2.24, 2.45) is 0 Å². The second-order valence-corrected chi connectivity index (χ2v) is 5.65. The van der Waals surface area contributed by atoms with Crippen LogP contribution in [-0.4, -0.2) is 21.0 Å². The average Bonchev–Trinajstić information content (AvgIpc) is 2.83. The number of pyridine rings is 1. The summed E-state index contributed by atoms with van der Waals surface area (Å²) in [6.45, 7) is 3.72. The summed E-state index contributed by atoms with van der Waals surface area (Å²) in [5.41, 5.74) is 3.50. The molecular formula is C15H12N2O2S. The molecule has 20 heavy (non-hydrogen) atoms. The molecule has 3 aromatic rings. The third-order valence-electron chi connectivity index (χ3n) is 3.24. The first-order chi connectivity index (χ1) is 9.58. The van der Waals surface area contributed by atoms with E-state index in [0.29, 0.717) is 11.1 Å². The van der Waals surface area contributed by atoms with E-state index in [1.165, 1.54) is 11.3 Å². The summed E-state index contributed by atoms with van der Waals surface area (Å²) in [6, 6.07) is 5.65. The number of fused-ring (bicyclic) bond motifs is 1. The summed E-state index contributed by atoms with van der Waals surface area (Å²) in [6.07, 6.45) is 3.41. The highest BCUT2D eigenvalue weighted by Gasteiger charge is 2.19. The largest absolute Gasteiger partial charge is 0.478 e. The summed E-state index contributed by atoms with van der Waals surface area (Å²) >= 11 is 1.49. The molecule has 100 valence electrons. The lowest BCUT2D eigenvalue weighted by molar-refractivity contribution is 0.0697. The van der Waals surface area contributed by atoms with Crippen molar-refractivity contribution in [3.63, 3.8) is 0 Å². The Morgan fingerprint density at radius 3 is 2.65 bits per heavy atom. The molecule has 0 saturated heterocycles. The molecule has 0 aliphatic rings. The lowest BCUT2D eigenvalue weighted by Gasteiger charge is -2.09. The zero-order chi connectivity index (χ0) is 14.3. The van der Waals surface area contributed by atoms with Crippen molar-refractivity contribution >= 4 is 27.5 Å². The van der Waals surface area contributed by atoms with Gasteiger partial charge in [-0.25, -0.2) is 9.78 Å². The van der Waals surface area contributed by atoms with E-state index >= 15 is 0 Å². The summed E-state index contributed by atoms with van der Waals surface area (Å²) in [5, 5.41) is 10.2. The number of aryl methyl sites for hydroxylation is 2. The molecule has 2 heterocycles. The minimum absolute atomic E-state index is 0.331. The molecule has 0 aliphatic carbocycles. The predicted octanol–water partition coefficient (Wildman–Crippen LogP) is 3.67. The maximum absolute atomic E-state index is 11.5. The van der Waals surface area contributed by atoms with Gasteiger partial charge in [-0.3, -0.25) is 4.98 Å². The number of carboxylic acids is 1. The van der Waals surface area contributed by atoms with Crippen molar-refractivity contribution in [1.29, 1.82) is 0 Å². The van der Waals surface area contributed by atoms with Gasteiger partial charge in [0.05, 0.1) is 16.5 Å². The fraction of sp³-hybridized carbons (Fsp3) is 0.133. The molecule has 1 aromatic carbocycles. The van der Waals surface area contributed by atoms with Gasteiger partial charge in [0.2, 0.25) is 0 Å². The van der Waals surface area contributed by atoms with Gasteiger partial charge in [-0.05, 0) is 31.0 Å². The topological polar surface area (TPSA) is 63.1 Å². The van der Waals surface area contributed by atoms with Crippen LogP contribution in [0.5, 0.6) is 0 Å². The van der Waals surface area contributed by atoms with E-state index in [2.05, 4.69) is 9.97 Å². The number of nitrogens with zero attached hydrogens (tertiary/aromatic N) is 2. The highest BCUT2D eigenvalue weighted by Crippen LogP contribution is 2.35. The van der Waals surface area contributed by atoms with Crippen LogP contribution in [0, 0.1) is 13.8 Å². The van der Waals surface area contributed by atoms with Crippen molar-refractivity contribution in [2.75, 3.05) is 0 Å². The van der Waals surface area contributed by atoms with Crippen molar-refractivity contribution < 1.29 is 9.90 Å². The van der Waals surface area contributed by atoms with Gasteiger partial charge < -0.3 is 5.11 Å². The SMILES string of the molecule is Cc1ccc(C)c(-c2nc3cnccc3s2)c1C(=O)O. The molecule has 5 heteroatoms. The molecule has 3 rings (SSSR count). The van der Waals surface area contributed by atoms with Crippen LogP contribution in [0.25, 0.3) is 20.8 Å². The highest BCUT2D eigenvalue weighted by atomic mass is 32.1. The third kappa shape index (κ3) is 1.96. The van der Waals surface area contributed by atoms with E-state index in [4.69, 9.17) is 0 Å². The maximum Gasteiger partial charge on any atom is 0.336 e. The summed E-state index contributed by atoms with van der Waals surface area (Å²) < 4.78 is 1.01. The first-order valence-electron chi connectivity index (χ1n) is 6.12. The van der Waals surface area contributed by atoms with E-state index in [9.17, 15) is 9.90 Å². The molecular weight excluding hydrogens is 272 g/mol.